The van der Waals surface area contributed by atoms with Crippen LogP contribution >= 0.6 is 0 Å². The number of aromatic hydroxyl groups is 2. The summed E-state index contributed by atoms with van der Waals surface area (Å²) in [7, 11) is 0. The van der Waals surface area contributed by atoms with Crippen LogP contribution in [0.15, 0.2) is 18.2 Å². The lowest BCUT2D eigenvalue weighted by Gasteiger charge is -2.22. The summed E-state index contributed by atoms with van der Waals surface area (Å²) < 4.78 is 0. The van der Waals surface area contributed by atoms with E-state index in [4.69, 9.17) is 5.11 Å². The quantitative estimate of drug-likeness (QED) is 0.644. The van der Waals surface area contributed by atoms with Gasteiger partial charge in [0, 0.05) is 6.61 Å². The Morgan fingerprint density at radius 1 is 1.21 bits per heavy atom. The maximum absolute atomic E-state index is 9.52. The number of phenols is 2. The van der Waals surface area contributed by atoms with Crippen molar-refractivity contribution in [2.24, 2.45) is 5.41 Å². The molecular weight excluding hydrogens is 180 g/mol. The van der Waals surface area contributed by atoms with Crippen LogP contribution in [-0.4, -0.2) is 21.9 Å². The molecule has 0 aromatic heterocycles. The summed E-state index contributed by atoms with van der Waals surface area (Å²) in [6.07, 6.45) is 0.531. The van der Waals surface area contributed by atoms with Gasteiger partial charge in [0.25, 0.3) is 0 Å². The molecule has 14 heavy (non-hydrogen) atoms. The summed E-state index contributed by atoms with van der Waals surface area (Å²) in [5.41, 5.74) is 0.370. The van der Waals surface area contributed by atoms with E-state index >= 15 is 0 Å². The van der Waals surface area contributed by atoms with E-state index in [0.29, 0.717) is 12.0 Å². The monoisotopic (exact) mass is 196 g/mol. The highest BCUT2D eigenvalue weighted by molar-refractivity contribution is 5.44. The molecule has 0 aliphatic heterocycles. The van der Waals surface area contributed by atoms with E-state index in [1.54, 1.807) is 12.1 Å². The van der Waals surface area contributed by atoms with E-state index in [1.165, 1.54) is 6.07 Å². The number of hydrogen-bond acceptors (Lipinski definition) is 3. The van der Waals surface area contributed by atoms with Gasteiger partial charge in [-0.1, -0.05) is 26.0 Å². The second-order valence-corrected chi connectivity index (χ2v) is 4.28. The SMILES string of the molecule is CC(C)(CO)Cc1cccc(O)c1O. The predicted octanol–water partition coefficient (Wildman–Crippen LogP) is 1.66. The molecule has 78 valence electrons. The van der Waals surface area contributed by atoms with Crippen LogP contribution in [0.1, 0.15) is 19.4 Å². The first-order chi connectivity index (χ1) is 6.46. The number of aliphatic hydroxyl groups excluding tert-OH is 1. The molecule has 0 saturated heterocycles. The highest BCUT2D eigenvalue weighted by Crippen LogP contribution is 2.32. The zero-order valence-corrected chi connectivity index (χ0v) is 8.49. The van der Waals surface area contributed by atoms with Crippen molar-refractivity contribution in [3.63, 3.8) is 0 Å². The molecule has 3 heteroatoms. The Bertz CT molecular complexity index is 318. The van der Waals surface area contributed by atoms with Crippen LogP contribution < -0.4 is 0 Å². The molecule has 0 radical (unpaired) electrons. The van der Waals surface area contributed by atoms with Crippen molar-refractivity contribution >= 4 is 0 Å². The molecule has 0 atom stereocenters. The van der Waals surface area contributed by atoms with Crippen LogP contribution in [0, 0.1) is 5.41 Å². The normalized spacial score (nSPS) is 11.6. The smallest absolute Gasteiger partial charge is 0.160 e. The zero-order valence-electron chi connectivity index (χ0n) is 8.49. The Morgan fingerprint density at radius 3 is 2.43 bits per heavy atom. The first-order valence-electron chi connectivity index (χ1n) is 4.57. The highest BCUT2D eigenvalue weighted by atomic mass is 16.3. The Hall–Kier alpha value is -1.22. The van der Waals surface area contributed by atoms with Crippen LogP contribution in [0.3, 0.4) is 0 Å². The lowest BCUT2D eigenvalue weighted by Crippen LogP contribution is -2.19. The zero-order chi connectivity index (χ0) is 10.8. The van der Waals surface area contributed by atoms with Crippen LogP contribution in [0.25, 0.3) is 0 Å². The van der Waals surface area contributed by atoms with Gasteiger partial charge in [-0.05, 0) is 23.5 Å². The van der Waals surface area contributed by atoms with E-state index in [1.807, 2.05) is 13.8 Å². The number of para-hydroxylation sites is 1. The van der Waals surface area contributed by atoms with Crippen LogP contribution in [0.2, 0.25) is 0 Å². The average Bonchev–Trinajstić information content (AvgIpc) is 2.13. The highest BCUT2D eigenvalue weighted by Gasteiger charge is 2.19. The molecule has 3 nitrogen and oxygen atoms in total. The summed E-state index contributed by atoms with van der Waals surface area (Å²) >= 11 is 0. The van der Waals surface area contributed by atoms with Crippen molar-refractivity contribution in [1.29, 1.82) is 0 Å². The molecule has 0 aliphatic rings. The molecule has 1 aromatic carbocycles. The lowest BCUT2D eigenvalue weighted by molar-refractivity contribution is 0.158. The molecule has 0 unspecified atom stereocenters. The third kappa shape index (κ3) is 2.39. The Kier molecular flexibility index (Phi) is 3.01. The van der Waals surface area contributed by atoms with Crippen LogP contribution in [0.5, 0.6) is 11.5 Å². The topological polar surface area (TPSA) is 60.7 Å². The molecular formula is C11H16O3. The van der Waals surface area contributed by atoms with Crippen molar-refractivity contribution in [3.05, 3.63) is 23.8 Å². The third-order valence-electron chi connectivity index (χ3n) is 2.20. The fourth-order valence-electron chi connectivity index (χ4n) is 1.29. The Labute approximate surface area is 83.6 Å². The first kappa shape index (κ1) is 10.9. The number of phenolic OH excluding ortho intramolecular Hbond substituents is 2. The van der Waals surface area contributed by atoms with Gasteiger partial charge >= 0.3 is 0 Å². The van der Waals surface area contributed by atoms with E-state index in [-0.39, 0.29) is 23.5 Å². The van der Waals surface area contributed by atoms with Crippen molar-refractivity contribution in [2.45, 2.75) is 20.3 Å². The van der Waals surface area contributed by atoms with Crippen molar-refractivity contribution in [3.8, 4) is 11.5 Å². The number of hydrogen-bond donors (Lipinski definition) is 3. The van der Waals surface area contributed by atoms with E-state index in [2.05, 4.69) is 0 Å². The standard InChI is InChI=1S/C11H16O3/c1-11(2,7-12)6-8-4-3-5-9(13)10(8)14/h3-5,12-14H,6-7H2,1-2H3. The average molecular weight is 196 g/mol. The van der Waals surface area contributed by atoms with Gasteiger partial charge < -0.3 is 15.3 Å². The summed E-state index contributed by atoms with van der Waals surface area (Å²) in [5.74, 6) is -0.203. The van der Waals surface area contributed by atoms with E-state index in [0.717, 1.165) is 0 Å². The molecule has 1 aromatic rings. The van der Waals surface area contributed by atoms with Gasteiger partial charge in [0.05, 0.1) is 0 Å². The molecule has 1 rings (SSSR count). The number of benzene rings is 1. The molecule has 0 aliphatic carbocycles. The largest absolute Gasteiger partial charge is 0.504 e. The second-order valence-electron chi connectivity index (χ2n) is 4.28. The summed E-state index contributed by atoms with van der Waals surface area (Å²) in [6, 6.07) is 4.86. The summed E-state index contributed by atoms with van der Waals surface area (Å²) in [5, 5.41) is 27.9. The number of rotatable bonds is 3. The maximum Gasteiger partial charge on any atom is 0.160 e. The van der Waals surface area contributed by atoms with E-state index in [9.17, 15) is 10.2 Å². The third-order valence-corrected chi connectivity index (χ3v) is 2.20. The molecule has 0 saturated carbocycles. The first-order valence-corrected chi connectivity index (χ1v) is 4.57. The van der Waals surface area contributed by atoms with Crippen molar-refractivity contribution in [2.75, 3.05) is 6.61 Å². The fourth-order valence-corrected chi connectivity index (χ4v) is 1.29. The van der Waals surface area contributed by atoms with Gasteiger partial charge in [0.2, 0.25) is 0 Å². The van der Waals surface area contributed by atoms with Gasteiger partial charge in [-0.25, -0.2) is 0 Å². The molecule has 0 amide bonds. The van der Waals surface area contributed by atoms with Gasteiger partial charge in [-0.2, -0.15) is 0 Å². The fraction of sp³-hybridized carbons (Fsp3) is 0.455. The van der Waals surface area contributed by atoms with E-state index < -0.39 is 0 Å². The predicted molar refractivity (Wildman–Crippen MR) is 54.3 cm³/mol. The summed E-state index contributed by atoms with van der Waals surface area (Å²) in [6.45, 7) is 3.84. The lowest BCUT2D eigenvalue weighted by atomic mass is 9.86. The Morgan fingerprint density at radius 2 is 1.86 bits per heavy atom. The van der Waals surface area contributed by atoms with Crippen LogP contribution in [-0.2, 0) is 6.42 Å². The molecule has 0 bridgehead atoms. The molecule has 0 spiro atoms. The minimum absolute atomic E-state index is 0.0437. The molecule has 0 fully saturated rings. The minimum Gasteiger partial charge on any atom is -0.504 e. The summed E-state index contributed by atoms with van der Waals surface area (Å²) in [4.78, 5) is 0. The van der Waals surface area contributed by atoms with Gasteiger partial charge in [-0.3, -0.25) is 0 Å². The minimum atomic E-state index is -0.286. The number of aliphatic hydroxyl groups is 1. The van der Waals surface area contributed by atoms with Gasteiger partial charge in [-0.15, -0.1) is 0 Å². The van der Waals surface area contributed by atoms with Gasteiger partial charge in [0.15, 0.2) is 11.5 Å². The maximum atomic E-state index is 9.52. The molecule has 0 heterocycles. The second kappa shape index (κ2) is 3.88. The Balaban J connectivity index is 2.92. The molecule has 3 N–H and O–H groups in total. The van der Waals surface area contributed by atoms with Crippen molar-refractivity contribution in [1.82, 2.24) is 0 Å². The van der Waals surface area contributed by atoms with Crippen LogP contribution in [0.4, 0.5) is 0 Å². The van der Waals surface area contributed by atoms with Gasteiger partial charge in [0.1, 0.15) is 0 Å². The van der Waals surface area contributed by atoms with Crippen molar-refractivity contribution < 1.29 is 15.3 Å².